The average molecular weight is 320 g/mol. The summed E-state index contributed by atoms with van der Waals surface area (Å²) < 4.78 is 29.0. The van der Waals surface area contributed by atoms with Gasteiger partial charge in [-0.25, -0.2) is 18.1 Å². The summed E-state index contributed by atoms with van der Waals surface area (Å²) in [4.78, 5) is 4.14. The Bertz CT molecular complexity index is 556. The second-order valence-electron chi connectivity index (χ2n) is 5.38. The largest absolute Gasteiger partial charge is 0.334 e. The number of nitrogens with one attached hydrogen (secondary N) is 1. The fraction of sp³-hybridized carbons (Fsp3) is 0.769. The lowest BCUT2D eigenvalue weighted by Gasteiger charge is -2.13. The number of hydrogen-bond donors (Lipinski definition) is 1. The van der Waals surface area contributed by atoms with E-state index in [1.807, 2.05) is 18.4 Å². The van der Waals surface area contributed by atoms with E-state index in [9.17, 15) is 8.42 Å². The molecule has 1 aromatic rings. The predicted octanol–water partition coefficient (Wildman–Crippen LogP) is 2.29. The van der Waals surface area contributed by atoms with Gasteiger partial charge in [0, 0.05) is 24.7 Å². The summed E-state index contributed by atoms with van der Waals surface area (Å²) in [6, 6.07) is 0. The second-order valence-corrected chi connectivity index (χ2v) is 7.65. The number of hydrogen-bond acceptors (Lipinski definition) is 3. The van der Waals surface area contributed by atoms with Gasteiger partial charge in [-0.2, -0.15) is 0 Å². The Kier molecular flexibility index (Phi) is 5.09. The lowest BCUT2D eigenvalue weighted by molar-refractivity contribution is 0.522. The van der Waals surface area contributed by atoms with E-state index in [1.165, 1.54) is 0 Å². The van der Waals surface area contributed by atoms with E-state index in [2.05, 4.69) is 9.71 Å². The molecular formula is C13H22ClN3O2S. The first-order chi connectivity index (χ1) is 9.44. The van der Waals surface area contributed by atoms with Crippen LogP contribution < -0.4 is 4.72 Å². The summed E-state index contributed by atoms with van der Waals surface area (Å²) >= 11 is 6.17. The summed E-state index contributed by atoms with van der Waals surface area (Å²) in [6.45, 7) is 5.05. The van der Waals surface area contributed by atoms with E-state index in [0.717, 1.165) is 38.1 Å². The van der Waals surface area contributed by atoms with Crippen LogP contribution in [0, 0.1) is 12.8 Å². The molecule has 0 radical (unpaired) electrons. The molecule has 1 aliphatic rings. The van der Waals surface area contributed by atoms with Gasteiger partial charge in [0.15, 0.2) is 5.03 Å². The molecule has 0 amide bonds. The Morgan fingerprint density at radius 3 is 2.85 bits per heavy atom. The first-order valence-corrected chi connectivity index (χ1v) is 9.03. The van der Waals surface area contributed by atoms with Crippen LogP contribution in [0.3, 0.4) is 0 Å². The quantitative estimate of drug-likeness (QED) is 0.818. The molecule has 1 aliphatic carbocycles. The number of sulfonamides is 1. The van der Waals surface area contributed by atoms with E-state index in [1.54, 1.807) is 6.20 Å². The van der Waals surface area contributed by atoms with Gasteiger partial charge in [0.2, 0.25) is 0 Å². The van der Waals surface area contributed by atoms with Gasteiger partial charge in [0.25, 0.3) is 10.0 Å². The minimum absolute atomic E-state index is 0.0806. The lowest BCUT2D eigenvalue weighted by atomic mass is 10.1. The monoisotopic (exact) mass is 319 g/mol. The Labute approximate surface area is 125 Å². The van der Waals surface area contributed by atoms with Crippen LogP contribution in [0.5, 0.6) is 0 Å². The molecule has 114 valence electrons. The average Bonchev–Trinajstić information content (AvgIpc) is 2.95. The predicted molar refractivity (Wildman–Crippen MR) is 79.4 cm³/mol. The van der Waals surface area contributed by atoms with Crippen molar-refractivity contribution in [3.8, 4) is 0 Å². The number of imidazole rings is 1. The van der Waals surface area contributed by atoms with Crippen LogP contribution in [-0.2, 0) is 16.6 Å². The third kappa shape index (κ3) is 3.54. The highest BCUT2D eigenvalue weighted by Gasteiger charge is 2.27. The zero-order valence-electron chi connectivity index (χ0n) is 12.0. The van der Waals surface area contributed by atoms with E-state index in [4.69, 9.17) is 11.6 Å². The van der Waals surface area contributed by atoms with Crippen LogP contribution in [0.4, 0.5) is 0 Å². The molecule has 2 rings (SSSR count). The molecule has 1 aromatic heterocycles. The maximum atomic E-state index is 12.2. The molecule has 1 fully saturated rings. The number of halogens is 1. The van der Waals surface area contributed by atoms with Crippen molar-refractivity contribution in [2.45, 2.75) is 56.5 Å². The molecule has 0 spiro atoms. The molecule has 2 unspecified atom stereocenters. The lowest BCUT2D eigenvalue weighted by Crippen LogP contribution is -2.31. The van der Waals surface area contributed by atoms with Crippen LogP contribution in [0.25, 0.3) is 0 Å². The highest BCUT2D eigenvalue weighted by Crippen LogP contribution is 2.29. The van der Waals surface area contributed by atoms with Gasteiger partial charge < -0.3 is 4.57 Å². The van der Waals surface area contributed by atoms with Crippen molar-refractivity contribution < 1.29 is 8.42 Å². The summed E-state index contributed by atoms with van der Waals surface area (Å²) in [6.07, 6.45) is 5.58. The standard InChI is InChI=1S/C13H22ClN3O2S/c1-3-7-17-9-13(16-10(17)2)20(18,19)15-8-11-5-4-6-12(11)14/h9,11-12,15H,3-8H2,1-2H3. The van der Waals surface area contributed by atoms with Crippen LogP contribution in [0.1, 0.15) is 38.4 Å². The molecule has 1 heterocycles. The van der Waals surface area contributed by atoms with Crippen molar-refractivity contribution in [1.82, 2.24) is 14.3 Å². The van der Waals surface area contributed by atoms with Gasteiger partial charge in [0.05, 0.1) is 0 Å². The number of nitrogens with zero attached hydrogens (tertiary/aromatic N) is 2. The number of alkyl halides is 1. The SMILES string of the molecule is CCCn1cc(S(=O)(=O)NCC2CCCC2Cl)nc1C. The summed E-state index contributed by atoms with van der Waals surface area (Å²) in [5, 5.41) is 0.185. The third-order valence-electron chi connectivity index (χ3n) is 3.80. The van der Waals surface area contributed by atoms with E-state index < -0.39 is 10.0 Å². The maximum Gasteiger partial charge on any atom is 0.259 e. The minimum atomic E-state index is -3.53. The Morgan fingerprint density at radius 1 is 1.50 bits per heavy atom. The number of rotatable bonds is 6. The highest BCUT2D eigenvalue weighted by atomic mass is 35.5. The summed E-state index contributed by atoms with van der Waals surface area (Å²) in [7, 11) is -3.53. The summed E-state index contributed by atoms with van der Waals surface area (Å²) in [5.74, 6) is 0.952. The van der Waals surface area contributed by atoms with Crippen LogP contribution >= 0.6 is 11.6 Å². The second kappa shape index (κ2) is 6.45. The summed E-state index contributed by atoms with van der Waals surface area (Å²) in [5.41, 5.74) is 0. The molecule has 1 saturated carbocycles. The zero-order chi connectivity index (χ0) is 14.8. The molecule has 1 N–H and O–H groups in total. The minimum Gasteiger partial charge on any atom is -0.334 e. The fourth-order valence-electron chi connectivity index (χ4n) is 2.59. The first-order valence-electron chi connectivity index (χ1n) is 7.11. The molecule has 2 atom stereocenters. The third-order valence-corrected chi connectivity index (χ3v) is 5.66. The molecule has 0 aliphatic heterocycles. The fourth-order valence-corrected chi connectivity index (χ4v) is 4.06. The molecule has 7 heteroatoms. The van der Waals surface area contributed by atoms with Gasteiger partial charge in [-0.15, -0.1) is 11.6 Å². The van der Waals surface area contributed by atoms with Crippen LogP contribution in [-0.4, -0.2) is 29.9 Å². The topological polar surface area (TPSA) is 64.0 Å². The van der Waals surface area contributed by atoms with Crippen LogP contribution in [0.15, 0.2) is 11.2 Å². The maximum absolute atomic E-state index is 12.2. The Hall–Kier alpha value is -0.590. The first kappa shape index (κ1) is 15.8. The van der Waals surface area contributed by atoms with Gasteiger partial charge in [-0.3, -0.25) is 0 Å². The molecule has 0 saturated heterocycles. The van der Waals surface area contributed by atoms with Crippen molar-refractivity contribution in [3.63, 3.8) is 0 Å². The van der Waals surface area contributed by atoms with Gasteiger partial charge in [-0.05, 0) is 32.1 Å². The van der Waals surface area contributed by atoms with E-state index >= 15 is 0 Å². The zero-order valence-corrected chi connectivity index (χ0v) is 13.5. The Morgan fingerprint density at radius 2 is 2.25 bits per heavy atom. The Balaban J connectivity index is 2.04. The number of aromatic nitrogens is 2. The van der Waals surface area contributed by atoms with Crippen molar-refractivity contribution >= 4 is 21.6 Å². The van der Waals surface area contributed by atoms with Crippen molar-refractivity contribution in [2.75, 3.05) is 6.54 Å². The normalized spacial score (nSPS) is 23.4. The molecule has 20 heavy (non-hydrogen) atoms. The highest BCUT2D eigenvalue weighted by molar-refractivity contribution is 7.89. The van der Waals surface area contributed by atoms with Crippen LogP contribution in [0.2, 0.25) is 0 Å². The van der Waals surface area contributed by atoms with Gasteiger partial charge in [0.1, 0.15) is 5.82 Å². The molecular weight excluding hydrogens is 298 g/mol. The molecule has 5 nitrogen and oxygen atoms in total. The van der Waals surface area contributed by atoms with Crippen molar-refractivity contribution in [1.29, 1.82) is 0 Å². The van der Waals surface area contributed by atoms with E-state index in [-0.39, 0.29) is 16.3 Å². The smallest absolute Gasteiger partial charge is 0.259 e. The molecule has 0 bridgehead atoms. The van der Waals surface area contributed by atoms with Crippen molar-refractivity contribution in [3.05, 3.63) is 12.0 Å². The number of aryl methyl sites for hydroxylation is 2. The van der Waals surface area contributed by atoms with Gasteiger partial charge >= 0.3 is 0 Å². The van der Waals surface area contributed by atoms with Gasteiger partial charge in [-0.1, -0.05) is 13.3 Å². The van der Waals surface area contributed by atoms with E-state index in [0.29, 0.717) is 6.54 Å². The van der Waals surface area contributed by atoms with Crippen molar-refractivity contribution in [2.24, 2.45) is 5.92 Å². The molecule has 0 aromatic carbocycles.